The van der Waals surface area contributed by atoms with Gasteiger partial charge in [0.15, 0.2) is 0 Å². The highest BCUT2D eigenvalue weighted by Gasteiger charge is 2.28. The lowest BCUT2D eigenvalue weighted by Crippen LogP contribution is -2.36. The monoisotopic (exact) mass is 325 g/mol. The molecule has 0 saturated carbocycles. The summed E-state index contributed by atoms with van der Waals surface area (Å²) in [5.74, 6) is 0. The van der Waals surface area contributed by atoms with Gasteiger partial charge < -0.3 is 5.32 Å². The van der Waals surface area contributed by atoms with Crippen molar-refractivity contribution in [3.05, 3.63) is 40.8 Å². The number of nitrogens with zero attached hydrogens (tertiary/aromatic N) is 2. The molecule has 5 nitrogen and oxygen atoms in total. The summed E-state index contributed by atoms with van der Waals surface area (Å²) < 4.78 is 26.9. The molecule has 0 fully saturated rings. The van der Waals surface area contributed by atoms with Gasteiger partial charge in [-0.2, -0.15) is 4.31 Å². The van der Waals surface area contributed by atoms with Gasteiger partial charge >= 0.3 is 0 Å². The SMILES string of the molecule is CNc1ccncc1S(=O)(=O)N(C)C(C)Cc1cccs1. The van der Waals surface area contributed by atoms with Crippen molar-refractivity contribution in [3.63, 3.8) is 0 Å². The first kappa shape index (κ1) is 15.9. The van der Waals surface area contributed by atoms with E-state index in [1.54, 1.807) is 37.7 Å². The summed E-state index contributed by atoms with van der Waals surface area (Å²) in [4.78, 5) is 5.31. The maximum Gasteiger partial charge on any atom is 0.246 e. The summed E-state index contributed by atoms with van der Waals surface area (Å²) in [6.45, 7) is 1.91. The second-order valence-electron chi connectivity index (χ2n) is 4.78. The number of likely N-dealkylation sites (N-methyl/N-ethyl adjacent to an activating group) is 1. The molecule has 0 aliphatic heterocycles. The minimum atomic E-state index is -3.57. The highest BCUT2D eigenvalue weighted by atomic mass is 32.2. The molecule has 21 heavy (non-hydrogen) atoms. The summed E-state index contributed by atoms with van der Waals surface area (Å²) >= 11 is 1.64. The molecule has 1 N–H and O–H groups in total. The first-order valence-corrected chi connectivity index (χ1v) is 8.91. The van der Waals surface area contributed by atoms with E-state index in [-0.39, 0.29) is 10.9 Å². The van der Waals surface area contributed by atoms with E-state index in [9.17, 15) is 8.42 Å². The number of hydrogen-bond donors (Lipinski definition) is 1. The van der Waals surface area contributed by atoms with E-state index in [1.165, 1.54) is 15.4 Å². The highest BCUT2D eigenvalue weighted by molar-refractivity contribution is 7.89. The number of aromatic nitrogens is 1. The maximum atomic E-state index is 12.7. The number of pyridine rings is 1. The summed E-state index contributed by atoms with van der Waals surface area (Å²) in [7, 11) is -0.262. The Labute approximate surface area is 129 Å². The number of nitrogens with one attached hydrogen (secondary N) is 1. The quantitative estimate of drug-likeness (QED) is 0.886. The Kier molecular flexibility index (Phi) is 4.97. The van der Waals surface area contributed by atoms with Crippen molar-refractivity contribution in [2.45, 2.75) is 24.3 Å². The number of anilines is 1. The van der Waals surface area contributed by atoms with Gasteiger partial charge in [0.05, 0.1) is 5.69 Å². The van der Waals surface area contributed by atoms with Gasteiger partial charge in [-0.15, -0.1) is 11.3 Å². The van der Waals surface area contributed by atoms with E-state index >= 15 is 0 Å². The Morgan fingerprint density at radius 3 is 2.81 bits per heavy atom. The lowest BCUT2D eigenvalue weighted by molar-refractivity contribution is 0.388. The highest BCUT2D eigenvalue weighted by Crippen LogP contribution is 2.25. The molecule has 0 saturated heterocycles. The first-order chi connectivity index (χ1) is 9.96. The summed E-state index contributed by atoms with van der Waals surface area (Å²) in [6.07, 6.45) is 3.65. The molecular formula is C14H19N3O2S2. The minimum Gasteiger partial charge on any atom is -0.387 e. The van der Waals surface area contributed by atoms with Gasteiger partial charge in [0, 0.05) is 37.4 Å². The zero-order chi connectivity index (χ0) is 15.5. The number of thiophene rings is 1. The van der Waals surface area contributed by atoms with Crippen molar-refractivity contribution in [1.82, 2.24) is 9.29 Å². The third-order valence-electron chi connectivity index (χ3n) is 3.41. The Hall–Kier alpha value is -1.44. The van der Waals surface area contributed by atoms with Crippen molar-refractivity contribution >= 4 is 27.0 Å². The van der Waals surface area contributed by atoms with Crippen LogP contribution in [0.5, 0.6) is 0 Å². The normalized spacial score (nSPS) is 13.3. The summed E-state index contributed by atoms with van der Waals surface area (Å²) in [5.41, 5.74) is 0.556. The topological polar surface area (TPSA) is 62.3 Å². The van der Waals surface area contributed by atoms with Gasteiger partial charge in [-0.3, -0.25) is 4.98 Å². The van der Waals surface area contributed by atoms with Gasteiger partial charge in [-0.1, -0.05) is 6.07 Å². The summed E-state index contributed by atoms with van der Waals surface area (Å²) in [6, 6.07) is 5.52. The van der Waals surface area contributed by atoms with Crippen molar-refractivity contribution in [1.29, 1.82) is 0 Å². The molecule has 2 aromatic heterocycles. The van der Waals surface area contributed by atoms with E-state index in [0.29, 0.717) is 12.1 Å². The zero-order valence-corrected chi connectivity index (χ0v) is 13.9. The van der Waals surface area contributed by atoms with Gasteiger partial charge in [-0.25, -0.2) is 8.42 Å². The Balaban J connectivity index is 2.26. The minimum absolute atomic E-state index is 0.126. The Bertz CT molecular complexity index is 684. The van der Waals surface area contributed by atoms with Gasteiger partial charge in [0.25, 0.3) is 0 Å². The van der Waals surface area contributed by atoms with Crippen LogP contribution in [0.3, 0.4) is 0 Å². The molecule has 0 aliphatic rings. The van der Waals surface area contributed by atoms with Crippen LogP contribution in [0.2, 0.25) is 0 Å². The second-order valence-corrected chi connectivity index (χ2v) is 7.77. The van der Waals surface area contributed by atoms with Crippen LogP contribution in [0.4, 0.5) is 5.69 Å². The van der Waals surface area contributed by atoms with Crippen molar-refractivity contribution in [2.75, 3.05) is 19.4 Å². The molecule has 7 heteroatoms. The van der Waals surface area contributed by atoms with Crippen molar-refractivity contribution in [3.8, 4) is 0 Å². The number of sulfonamides is 1. The van der Waals surface area contributed by atoms with Gasteiger partial charge in [-0.05, 0) is 30.9 Å². The van der Waals surface area contributed by atoms with E-state index in [0.717, 1.165) is 0 Å². The average Bonchev–Trinajstić information content (AvgIpc) is 2.99. The van der Waals surface area contributed by atoms with Crippen LogP contribution >= 0.6 is 11.3 Å². The predicted octanol–water partition coefficient (Wildman–Crippen LogP) is 2.44. The van der Waals surface area contributed by atoms with Gasteiger partial charge in [0.1, 0.15) is 4.90 Å². The van der Waals surface area contributed by atoms with E-state index in [1.807, 2.05) is 24.4 Å². The molecule has 2 heterocycles. The smallest absolute Gasteiger partial charge is 0.246 e. The molecule has 0 amide bonds. The van der Waals surface area contributed by atoms with E-state index in [2.05, 4.69) is 10.3 Å². The predicted molar refractivity (Wildman–Crippen MR) is 86.2 cm³/mol. The molecule has 114 valence electrons. The Morgan fingerprint density at radius 2 is 2.19 bits per heavy atom. The lowest BCUT2D eigenvalue weighted by Gasteiger charge is -2.24. The van der Waals surface area contributed by atoms with Crippen LogP contribution in [0.1, 0.15) is 11.8 Å². The van der Waals surface area contributed by atoms with E-state index in [4.69, 9.17) is 0 Å². The second kappa shape index (κ2) is 6.55. The number of hydrogen-bond acceptors (Lipinski definition) is 5. The first-order valence-electron chi connectivity index (χ1n) is 6.59. The molecule has 0 aromatic carbocycles. The molecule has 2 rings (SSSR count). The molecule has 0 aliphatic carbocycles. The molecule has 0 radical (unpaired) electrons. The fourth-order valence-electron chi connectivity index (χ4n) is 2.03. The van der Waals surface area contributed by atoms with Crippen LogP contribution in [-0.2, 0) is 16.4 Å². The molecule has 1 unspecified atom stereocenters. The van der Waals surface area contributed by atoms with Crippen LogP contribution in [0, 0.1) is 0 Å². The molecular weight excluding hydrogens is 306 g/mol. The Morgan fingerprint density at radius 1 is 1.43 bits per heavy atom. The van der Waals surface area contributed by atoms with Crippen molar-refractivity contribution < 1.29 is 8.42 Å². The largest absolute Gasteiger partial charge is 0.387 e. The fourth-order valence-corrected chi connectivity index (χ4v) is 4.36. The molecule has 1 atom stereocenters. The summed E-state index contributed by atoms with van der Waals surface area (Å²) in [5, 5.41) is 4.89. The third kappa shape index (κ3) is 3.42. The lowest BCUT2D eigenvalue weighted by atomic mass is 10.2. The standard InChI is InChI=1S/C14H19N3O2S2/c1-11(9-12-5-4-8-20-12)17(3)21(18,19)14-10-16-7-6-13(14)15-2/h4-8,10-11H,9H2,1-3H3,(H,15,16). The number of rotatable bonds is 6. The van der Waals surface area contributed by atoms with Crippen LogP contribution in [-0.4, -0.2) is 37.8 Å². The molecule has 0 bridgehead atoms. The molecule has 0 spiro atoms. The molecule has 2 aromatic rings. The van der Waals surface area contributed by atoms with Gasteiger partial charge in [0.2, 0.25) is 10.0 Å². The van der Waals surface area contributed by atoms with Crippen LogP contribution in [0.25, 0.3) is 0 Å². The third-order valence-corrected chi connectivity index (χ3v) is 6.31. The zero-order valence-electron chi connectivity index (χ0n) is 12.3. The van der Waals surface area contributed by atoms with Crippen molar-refractivity contribution in [2.24, 2.45) is 0 Å². The van der Waals surface area contributed by atoms with Crippen LogP contribution in [0.15, 0.2) is 40.9 Å². The average molecular weight is 325 g/mol. The fraction of sp³-hybridized carbons (Fsp3) is 0.357. The maximum absolute atomic E-state index is 12.7. The van der Waals surface area contributed by atoms with E-state index < -0.39 is 10.0 Å². The van der Waals surface area contributed by atoms with Crippen LogP contribution < -0.4 is 5.32 Å².